The van der Waals surface area contributed by atoms with Crippen LogP contribution < -0.4 is 0 Å². The number of hydrogen-bond acceptors (Lipinski definition) is 3. The van der Waals surface area contributed by atoms with Gasteiger partial charge in [-0.15, -0.1) is 0 Å². The second-order valence-corrected chi connectivity index (χ2v) is 4.59. The number of pyridine rings is 1. The fourth-order valence-electron chi connectivity index (χ4n) is 2.11. The highest BCUT2D eigenvalue weighted by atomic mass is 16.5. The molecule has 2 heterocycles. The fraction of sp³-hybridized carbons (Fsp3) is 0.615. The minimum atomic E-state index is 0.369. The molecule has 0 saturated carbocycles. The van der Waals surface area contributed by atoms with Gasteiger partial charge in [0.2, 0.25) is 0 Å². The first kappa shape index (κ1) is 11.6. The molecule has 1 aliphatic rings. The van der Waals surface area contributed by atoms with E-state index in [0.29, 0.717) is 12.1 Å². The highest BCUT2D eigenvalue weighted by molar-refractivity contribution is 5.10. The van der Waals surface area contributed by atoms with E-state index in [2.05, 4.69) is 35.9 Å². The van der Waals surface area contributed by atoms with Crippen molar-refractivity contribution in [2.24, 2.45) is 0 Å². The molecule has 0 bridgehead atoms. The Morgan fingerprint density at radius 1 is 1.38 bits per heavy atom. The van der Waals surface area contributed by atoms with Crippen molar-refractivity contribution in [3.05, 3.63) is 30.1 Å². The fourth-order valence-corrected chi connectivity index (χ4v) is 2.11. The minimum absolute atomic E-state index is 0.369. The molecule has 0 aromatic carbocycles. The van der Waals surface area contributed by atoms with E-state index in [9.17, 15) is 0 Å². The SMILES string of the molecule is C[C@@H]1CN(CCc2ccncc2)[C@@H](C)CO1. The van der Waals surface area contributed by atoms with E-state index in [0.717, 1.165) is 26.1 Å². The first-order chi connectivity index (χ1) is 7.75. The highest BCUT2D eigenvalue weighted by Gasteiger charge is 2.22. The summed E-state index contributed by atoms with van der Waals surface area (Å²) in [5.41, 5.74) is 1.36. The zero-order valence-electron chi connectivity index (χ0n) is 10.1. The van der Waals surface area contributed by atoms with Crippen molar-refractivity contribution in [1.82, 2.24) is 9.88 Å². The van der Waals surface area contributed by atoms with E-state index < -0.39 is 0 Å². The third-order valence-electron chi connectivity index (χ3n) is 3.17. The lowest BCUT2D eigenvalue weighted by atomic mass is 10.1. The Balaban J connectivity index is 1.85. The molecular weight excluding hydrogens is 200 g/mol. The Morgan fingerprint density at radius 2 is 2.12 bits per heavy atom. The lowest BCUT2D eigenvalue weighted by Gasteiger charge is -2.36. The predicted molar refractivity (Wildman–Crippen MR) is 64.4 cm³/mol. The van der Waals surface area contributed by atoms with Crippen molar-refractivity contribution >= 4 is 0 Å². The summed E-state index contributed by atoms with van der Waals surface area (Å²) >= 11 is 0. The average molecular weight is 220 g/mol. The van der Waals surface area contributed by atoms with E-state index in [1.165, 1.54) is 5.56 Å². The van der Waals surface area contributed by atoms with Crippen LogP contribution in [0.2, 0.25) is 0 Å². The second kappa shape index (κ2) is 5.41. The first-order valence-electron chi connectivity index (χ1n) is 6.00. The van der Waals surface area contributed by atoms with Crippen LogP contribution in [0.15, 0.2) is 24.5 Å². The molecule has 16 heavy (non-hydrogen) atoms. The van der Waals surface area contributed by atoms with Crippen LogP contribution in [0.5, 0.6) is 0 Å². The van der Waals surface area contributed by atoms with Gasteiger partial charge in [0.15, 0.2) is 0 Å². The summed E-state index contributed by atoms with van der Waals surface area (Å²) in [7, 11) is 0. The van der Waals surface area contributed by atoms with Crippen LogP contribution in [0.1, 0.15) is 19.4 Å². The standard InChI is InChI=1S/C13H20N2O/c1-11-10-16-12(2)9-15(11)8-5-13-3-6-14-7-4-13/h3-4,6-7,11-12H,5,8-10H2,1-2H3/t11-,12+/m0/s1. The molecule has 0 amide bonds. The normalized spacial score (nSPS) is 26.9. The van der Waals surface area contributed by atoms with Crippen LogP contribution in [0, 0.1) is 0 Å². The number of nitrogens with zero attached hydrogens (tertiary/aromatic N) is 2. The van der Waals surface area contributed by atoms with Gasteiger partial charge in [-0.25, -0.2) is 0 Å². The molecule has 0 radical (unpaired) electrons. The Hall–Kier alpha value is -0.930. The molecular formula is C13H20N2O. The smallest absolute Gasteiger partial charge is 0.0674 e. The summed E-state index contributed by atoms with van der Waals surface area (Å²) < 4.78 is 5.62. The molecule has 0 spiro atoms. The molecule has 3 nitrogen and oxygen atoms in total. The van der Waals surface area contributed by atoms with Gasteiger partial charge >= 0.3 is 0 Å². The van der Waals surface area contributed by atoms with Gasteiger partial charge < -0.3 is 4.74 Å². The number of aromatic nitrogens is 1. The Bertz CT molecular complexity index is 315. The molecule has 3 heteroatoms. The molecule has 2 rings (SSSR count). The van der Waals surface area contributed by atoms with Crippen molar-refractivity contribution in [3.8, 4) is 0 Å². The van der Waals surface area contributed by atoms with Crippen molar-refractivity contribution in [3.63, 3.8) is 0 Å². The monoisotopic (exact) mass is 220 g/mol. The van der Waals surface area contributed by atoms with Crippen LogP contribution in [0.3, 0.4) is 0 Å². The number of hydrogen-bond donors (Lipinski definition) is 0. The van der Waals surface area contributed by atoms with E-state index in [1.807, 2.05) is 12.4 Å². The zero-order valence-corrected chi connectivity index (χ0v) is 10.1. The lowest BCUT2D eigenvalue weighted by molar-refractivity contribution is -0.0487. The zero-order chi connectivity index (χ0) is 11.4. The van der Waals surface area contributed by atoms with Crippen LogP contribution in [0.25, 0.3) is 0 Å². The van der Waals surface area contributed by atoms with Gasteiger partial charge in [-0.3, -0.25) is 9.88 Å². The maximum Gasteiger partial charge on any atom is 0.0674 e. The van der Waals surface area contributed by atoms with Crippen LogP contribution in [-0.4, -0.2) is 41.7 Å². The summed E-state index contributed by atoms with van der Waals surface area (Å²) in [4.78, 5) is 6.54. The topological polar surface area (TPSA) is 25.4 Å². The van der Waals surface area contributed by atoms with Gasteiger partial charge in [-0.2, -0.15) is 0 Å². The summed E-state index contributed by atoms with van der Waals surface area (Å²) in [6, 6.07) is 4.72. The Labute approximate surface area is 97.4 Å². The van der Waals surface area contributed by atoms with Crippen molar-refractivity contribution in [2.45, 2.75) is 32.4 Å². The number of rotatable bonds is 3. The molecule has 1 fully saturated rings. The maximum atomic E-state index is 5.62. The van der Waals surface area contributed by atoms with Crippen LogP contribution in [0.4, 0.5) is 0 Å². The summed E-state index contributed by atoms with van der Waals surface area (Å²) in [6.45, 7) is 7.40. The molecule has 0 N–H and O–H groups in total. The van der Waals surface area contributed by atoms with Gasteiger partial charge in [0, 0.05) is 31.5 Å². The van der Waals surface area contributed by atoms with Crippen LogP contribution >= 0.6 is 0 Å². The van der Waals surface area contributed by atoms with Crippen molar-refractivity contribution < 1.29 is 4.74 Å². The van der Waals surface area contributed by atoms with Gasteiger partial charge in [0.05, 0.1) is 12.7 Å². The predicted octanol–water partition coefficient (Wildman–Crippen LogP) is 1.73. The molecule has 0 unspecified atom stereocenters. The summed E-state index contributed by atoms with van der Waals surface area (Å²) in [6.07, 6.45) is 5.19. The quantitative estimate of drug-likeness (QED) is 0.775. The van der Waals surface area contributed by atoms with Gasteiger partial charge in [-0.05, 0) is 38.0 Å². The number of ether oxygens (including phenoxy) is 1. The molecule has 1 aliphatic heterocycles. The second-order valence-electron chi connectivity index (χ2n) is 4.59. The molecule has 88 valence electrons. The molecule has 2 atom stereocenters. The average Bonchev–Trinajstić information content (AvgIpc) is 2.32. The largest absolute Gasteiger partial charge is 0.376 e. The first-order valence-corrected chi connectivity index (χ1v) is 6.00. The van der Waals surface area contributed by atoms with Crippen molar-refractivity contribution in [2.75, 3.05) is 19.7 Å². The maximum absolute atomic E-state index is 5.62. The number of morpholine rings is 1. The van der Waals surface area contributed by atoms with Crippen molar-refractivity contribution in [1.29, 1.82) is 0 Å². The van der Waals surface area contributed by atoms with Gasteiger partial charge in [0.25, 0.3) is 0 Å². The molecule has 0 aliphatic carbocycles. The third-order valence-corrected chi connectivity index (χ3v) is 3.17. The van der Waals surface area contributed by atoms with Gasteiger partial charge in [-0.1, -0.05) is 0 Å². The molecule has 1 saturated heterocycles. The minimum Gasteiger partial charge on any atom is -0.376 e. The third kappa shape index (κ3) is 3.03. The van der Waals surface area contributed by atoms with E-state index >= 15 is 0 Å². The molecule has 1 aromatic rings. The molecule has 1 aromatic heterocycles. The lowest BCUT2D eigenvalue weighted by Crippen LogP contribution is -2.47. The highest BCUT2D eigenvalue weighted by Crippen LogP contribution is 2.12. The van der Waals surface area contributed by atoms with E-state index in [1.54, 1.807) is 0 Å². The summed E-state index contributed by atoms with van der Waals surface area (Å²) in [5.74, 6) is 0. The van der Waals surface area contributed by atoms with Crippen LogP contribution in [-0.2, 0) is 11.2 Å². The van der Waals surface area contributed by atoms with E-state index in [4.69, 9.17) is 4.74 Å². The van der Waals surface area contributed by atoms with Gasteiger partial charge in [0.1, 0.15) is 0 Å². The van der Waals surface area contributed by atoms with E-state index in [-0.39, 0.29) is 0 Å². The Morgan fingerprint density at radius 3 is 2.88 bits per heavy atom. The Kier molecular flexibility index (Phi) is 3.91. The summed E-state index contributed by atoms with van der Waals surface area (Å²) in [5, 5.41) is 0.